The average molecular weight is 340 g/mol. The number of hydrogen-bond donors (Lipinski definition) is 1. The molecule has 7 nitrogen and oxygen atoms in total. The Hall–Kier alpha value is -2.88. The van der Waals surface area contributed by atoms with Gasteiger partial charge in [0.2, 0.25) is 17.7 Å². The molecule has 3 amide bonds. The molecule has 1 aliphatic carbocycles. The molecule has 1 heterocycles. The first-order valence-electron chi connectivity index (χ1n) is 8.33. The second-order valence-electron chi connectivity index (χ2n) is 6.53. The Kier molecular flexibility index (Phi) is 4.45. The zero-order chi connectivity index (χ0) is 18.0. The van der Waals surface area contributed by atoms with Crippen molar-refractivity contribution < 1.29 is 14.4 Å². The van der Waals surface area contributed by atoms with Crippen LogP contribution in [0, 0.1) is 16.7 Å². The summed E-state index contributed by atoms with van der Waals surface area (Å²) >= 11 is 0. The minimum Gasteiger partial charge on any atom is -0.339 e. The van der Waals surface area contributed by atoms with Gasteiger partial charge in [-0.05, 0) is 31.0 Å². The van der Waals surface area contributed by atoms with Crippen LogP contribution in [0.3, 0.4) is 0 Å². The van der Waals surface area contributed by atoms with Gasteiger partial charge in [0.15, 0.2) is 0 Å². The SMILES string of the molecule is CC(=O)N1CCN(C(=O)C2(C(=O)Nc3cccc(C#N)c3)CC2)CC1. The third-order valence-electron chi connectivity index (χ3n) is 4.86. The van der Waals surface area contributed by atoms with Gasteiger partial charge in [0.25, 0.3) is 0 Å². The van der Waals surface area contributed by atoms with Gasteiger partial charge in [-0.3, -0.25) is 14.4 Å². The molecule has 1 saturated heterocycles. The number of piperazine rings is 1. The summed E-state index contributed by atoms with van der Waals surface area (Å²) in [6.07, 6.45) is 1.06. The Bertz CT molecular complexity index is 756. The maximum absolute atomic E-state index is 12.8. The summed E-state index contributed by atoms with van der Waals surface area (Å²) < 4.78 is 0. The molecular weight excluding hydrogens is 320 g/mol. The molecule has 3 rings (SSSR count). The van der Waals surface area contributed by atoms with Crippen LogP contribution in [0.25, 0.3) is 0 Å². The number of carbonyl (C=O) groups excluding carboxylic acids is 3. The molecule has 1 aliphatic heterocycles. The summed E-state index contributed by atoms with van der Waals surface area (Å²) in [5.74, 6) is -0.477. The van der Waals surface area contributed by atoms with Crippen molar-refractivity contribution in [2.75, 3.05) is 31.5 Å². The van der Waals surface area contributed by atoms with Crippen molar-refractivity contribution >= 4 is 23.4 Å². The maximum atomic E-state index is 12.8. The van der Waals surface area contributed by atoms with E-state index in [0.717, 1.165) is 0 Å². The van der Waals surface area contributed by atoms with Gasteiger partial charge < -0.3 is 15.1 Å². The molecule has 0 bridgehead atoms. The summed E-state index contributed by atoms with van der Waals surface area (Å²) in [7, 11) is 0. The molecule has 2 aliphatic rings. The normalized spacial score (nSPS) is 18.2. The molecular formula is C18H20N4O3. The number of rotatable bonds is 3. The first kappa shape index (κ1) is 17.0. The van der Waals surface area contributed by atoms with Crippen LogP contribution in [0.2, 0.25) is 0 Å². The van der Waals surface area contributed by atoms with E-state index in [0.29, 0.717) is 50.3 Å². The summed E-state index contributed by atoms with van der Waals surface area (Å²) in [5, 5.41) is 11.7. The van der Waals surface area contributed by atoms with E-state index in [1.54, 1.807) is 34.1 Å². The number of anilines is 1. The minimum atomic E-state index is -0.999. The second kappa shape index (κ2) is 6.55. The molecule has 0 atom stereocenters. The van der Waals surface area contributed by atoms with Crippen LogP contribution in [-0.4, -0.2) is 53.7 Å². The van der Waals surface area contributed by atoms with Gasteiger partial charge in [-0.25, -0.2) is 0 Å². The second-order valence-corrected chi connectivity index (χ2v) is 6.53. The van der Waals surface area contributed by atoms with E-state index in [4.69, 9.17) is 5.26 Å². The van der Waals surface area contributed by atoms with E-state index < -0.39 is 5.41 Å². The first-order chi connectivity index (χ1) is 12.0. The average Bonchev–Trinajstić information content (AvgIpc) is 3.43. The van der Waals surface area contributed by atoms with Crippen molar-refractivity contribution in [3.05, 3.63) is 29.8 Å². The van der Waals surface area contributed by atoms with Crippen LogP contribution < -0.4 is 5.32 Å². The molecule has 1 aromatic rings. The number of amides is 3. The monoisotopic (exact) mass is 340 g/mol. The lowest BCUT2D eigenvalue weighted by atomic mass is 10.0. The maximum Gasteiger partial charge on any atom is 0.240 e. The van der Waals surface area contributed by atoms with E-state index in [1.807, 2.05) is 6.07 Å². The number of hydrogen-bond acceptors (Lipinski definition) is 4. The van der Waals surface area contributed by atoms with Crippen molar-refractivity contribution in [2.24, 2.45) is 5.41 Å². The molecule has 0 aromatic heterocycles. The lowest BCUT2D eigenvalue weighted by Crippen LogP contribution is -2.53. The summed E-state index contributed by atoms with van der Waals surface area (Å²) in [6, 6.07) is 8.66. The molecule has 0 spiro atoms. The van der Waals surface area contributed by atoms with Crippen molar-refractivity contribution in [3.8, 4) is 6.07 Å². The molecule has 1 aromatic carbocycles. The zero-order valence-electron chi connectivity index (χ0n) is 14.1. The third kappa shape index (κ3) is 3.33. The van der Waals surface area contributed by atoms with Crippen LogP contribution in [0.4, 0.5) is 5.69 Å². The molecule has 1 N–H and O–H groups in total. The summed E-state index contributed by atoms with van der Waals surface area (Å²) in [4.78, 5) is 40.2. The molecule has 25 heavy (non-hydrogen) atoms. The number of benzene rings is 1. The van der Waals surface area contributed by atoms with Crippen molar-refractivity contribution in [2.45, 2.75) is 19.8 Å². The number of nitriles is 1. The molecule has 2 fully saturated rings. The molecule has 1 saturated carbocycles. The lowest BCUT2D eigenvalue weighted by Gasteiger charge is -2.35. The zero-order valence-corrected chi connectivity index (χ0v) is 14.1. The van der Waals surface area contributed by atoms with Crippen LogP contribution in [0.1, 0.15) is 25.3 Å². The predicted molar refractivity (Wildman–Crippen MR) is 90.3 cm³/mol. The predicted octanol–water partition coefficient (Wildman–Crippen LogP) is 0.968. The highest BCUT2D eigenvalue weighted by atomic mass is 16.2. The van der Waals surface area contributed by atoms with Crippen molar-refractivity contribution in [1.82, 2.24) is 9.80 Å². The summed E-state index contributed by atoms with van der Waals surface area (Å²) in [6.45, 7) is 3.43. The van der Waals surface area contributed by atoms with E-state index in [2.05, 4.69) is 5.32 Å². The third-order valence-corrected chi connectivity index (χ3v) is 4.86. The van der Waals surface area contributed by atoms with E-state index in [-0.39, 0.29) is 17.7 Å². The Balaban J connectivity index is 1.65. The lowest BCUT2D eigenvalue weighted by molar-refractivity contribution is -0.146. The number of nitrogens with zero attached hydrogens (tertiary/aromatic N) is 3. The molecule has 7 heteroatoms. The quantitative estimate of drug-likeness (QED) is 0.830. The molecule has 130 valence electrons. The fourth-order valence-corrected chi connectivity index (χ4v) is 3.11. The van der Waals surface area contributed by atoms with Crippen molar-refractivity contribution in [1.29, 1.82) is 5.26 Å². The van der Waals surface area contributed by atoms with Gasteiger partial charge in [0.05, 0.1) is 11.6 Å². The molecule has 0 unspecified atom stereocenters. The van der Waals surface area contributed by atoms with Gasteiger partial charge in [-0.2, -0.15) is 5.26 Å². The minimum absolute atomic E-state index is 0.00310. The smallest absolute Gasteiger partial charge is 0.240 e. The van der Waals surface area contributed by atoms with Gasteiger partial charge in [-0.15, -0.1) is 0 Å². The van der Waals surface area contributed by atoms with Crippen molar-refractivity contribution in [3.63, 3.8) is 0 Å². The highest BCUT2D eigenvalue weighted by Crippen LogP contribution is 2.48. The van der Waals surface area contributed by atoms with E-state index in [9.17, 15) is 14.4 Å². The van der Waals surface area contributed by atoms with Crippen LogP contribution in [-0.2, 0) is 14.4 Å². The number of nitrogens with one attached hydrogen (secondary N) is 1. The Labute approximate surface area is 146 Å². The van der Waals surface area contributed by atoms with Gasteiger partial charge in [-0.1, -0.05) is 6.07 Å². The highest BCUT2D eigenvalue weighted by molar-refractivity contribution is 6.13. The topological polar surface area (TPSA) is 93.5 Å². The summed E-state index contributed by atoms with van der Waals surface area (Å²) in [5.41, 5.74) is -0.0278. The van der Waals surface area contributed by atoms with Crippen LogP contribution in [0.15, 0.2) is 24.3 Å². The standard InChI is InChI=1S/C18H20N4O3/c1-13(23)21-7-9-22(10-8-21)17(25)18(5-6-18)16(24)20-15-4-2-3-14(11-15)12-19/h2-4,11H,5-10H2,1H3,(H,20,24). The fourth-order valence-electron chi connectivity index (χ4n) is 3.11. The largest absolute Gasteiger partial charge is 0.339 e. The van der Waals surface area contributed by atoms with E-state index in [1.165, 1.54) is 6.92 Å². The Morgan fingerprint density at radius 1 is 1.12 bits per heavy atom. The van der Waals surface area contributed by atoms with Gasteiger partial charge in [0.1, 0.15) is 5.41 Å². The van der Waals surface area contributed by atoms with Crippen LogP contribution >= 0.6 is 0 Å². The number of carbonyl (C=O) groups is 3. The first-order valence-corrected chi connectivity index (χ1v) is 8.33. The van der Waals surface area contributed by atoms with Gasteiger partial charge >= 0.3 is 0 Å². The highest BCUT2D eigenvalue weighted by Gasteiger charge is 2.58. The Morgan fingerprint density at radius 3 is 2.32 bits per heavy atom. The van der Waals surface area contributed by atoms with Crippen LogP contribution in [0.5, 0.6) is 0 Å². The Morgan fingerprint density at radius 2 is 1.76 bits per heavy atom. The molecule has 0 radical (unpaired) electrons. The van der Waals surface area contributed by atoms with Gasteiger partial charge in [0, 0.05) is 38.8 Å². The fraction of sp³-hybridized carbons (Fsp3) is 0.444. The van der Waals surface area contributed by atoms with E-state index >= 15 is 0 Å².